The van der Waals surface area contributed by atoms with E-state index in [1.165, 1.54) is 7.05 Å². The van der Waals surface area contributed by atoms with Crippen molar-refractivity contribution >= 4 is 44.9 Å². The second kappa shape index (κ2) is 6.43. The van der Waals surface area contributed by atoms with E-state index in [4.69, 9.17) is 28.3 Å². The van der Waals surface area contributed by atoms with Gasteiger partial charge in [0.1, 0.15) is 0 Å². The molecule has 6 nitrogen and oxygen atoms in total. The number of halogens is 2. The van der Waals surface area contributed by atoms with E-state index in [0.717, 1.165) is 12.1 Å². The number of sulfone groups is 1. The number of benzene rings is 1. The largest absolute Gasteiger partial charge is 0.478 e. The van der Waals surface area contributed by atoms with Crippen LogP contribution in [0.3, 0.4) is 0 Å². The Hall–Kier alpha value is -1.31. The van der Waals surface area contributed by atoms with Gasteiger partial charge in [0.2, 0.25) is 5.91 Å². The van der Waals surface area contributed by atoms with Crippen molar-refractivity contribution in [3.63, 3.8) is 0 Å². The van der Waals surface area contributed by atoms with E-state index >= 15 is 0 Å². The lowest BCUT2D eigenvalue weighted by Crippen LogP contribution is -2.21. The summed E-state index contributed by atoms with van der Waals surface area (Å²) >= 11 is 11.5. The quantitative estimate of drug-likeness (QED) is 0.848. The van der Waals surface area contributed by atoms with Crippen molar-refractivity contribution in [3.8, 4) is 0 Å². The van der Waals surface area contributed by atoms with Gasteiger partial charge in [-0.25, -0.2) is 13.2 Å². The fraction of sp³-hybridized carbons (Fsp3) is 0.273. The first kappa shape index (κ1) is 16.7. The van der Waals surface area contributed by atoms with E-state index in [0.29, 0.717) is 0 Å². The van der Waals surface area contributed by atoms with Gasteiger partial charge in [0, 0.05) is 18.5 Å². The summed E-state index contributed by atoms with van der Waals surface area (Å²) in [4.78, 5) is 21.7. The zero-order chi connectivity index (χ0) is 15.5. The summed E-state index contributed by atoms with van der Waals surface area (Å²) < 4.78 is 24.2. The van der Waals surface area contributed by atoms with Gasteiger partial charge in [-0.1, -0.05) is 23.2 Å². The van der Waals surface area contributed by atoms with Crippen LogP contribution < -0.4 is 5.32 Å². The van der Waals surface area contributed by atoms with Crippen LogP contribution in [0, 0.1) is 0 Å². The van der Waals surface area contributed by atoms with Crippen molar-refractivity contribution in [3.05, 3.63) is 27.7 Å². The summed E-state index contributed by atoms with van der Waals surface area (Å²) in [6.45, 7) is 0. The molecule has 1 amide bonds. The van der Waals surface area contributed by atoms with Gasteiger partial charge in [0.05, 0.1) is 21.2 Å². The molecule has 0 spiro atoms. The van der Waals surface area contributed by atoms with Crippen molar-refractivity contribution < 1.29 is 23.1 Å². The second-order valence-corrected chi connectivity index (χ2v) is 6.70. The summed E-state index contributed by atoms with van der Waals surface area (Å²) in [6, 6.07) is 2.12. The first-order chi connectivity index (χ1) is 9.19. The van der Waals surface area contributed by atoms with Gasteiger partial charge in [0.25, 0.3) is 0 Å². The molecule has 0 radical (unpaired) electrons. The molecule has 0 saturated heterocycles. The highest BCUT2D eigenvalue weighted by atomic mass is 35.5. The number of carbonyl (C=O) groups excluding carboxylic acids is 1. The van der Waals surface area contributed by atoms with E-state index in [-0.39, 0.29) is 11.4 Å². The summed E-state index contributed by atoms with van der Waals surface area (Å²) in [5.41, 5.74) is -0.405. The predicted molar refractivity (Wildman–Crippen MR) is 74.2 cm³/mol. The van der Waals surface area contributed by atoms with Crippen molar-refractivity contribution in [2.24, 2.45) is 0 Å². The average Bonchev–Trinajstić information content (AvgIpc) is 2.37. The Morgan fingerprint density at radius 3 is 2.40 bits per heavy atom. The fourth-order valence-corrected chi connectivity index (χ4v) is 3.60. The highest BCUT2D eigenvalue weighted by Gasteiger charge is 2.24. The number of carboxylic acid groups (broad SMARTS) is 1. The van der Waals surface area contributed by atoms with Gasteiger partial charge in [-0.05, 0) is 12.1 Å². The van der Waals surface area contributed by atoms with Crippen LogP contribution >= 0.6 is 23.2 Å². The molecule has 0 unspecified atom stereocenters. The number of carbonyl (C=O) groups is 2. The monoisotopic (exact) mass is 339 g/mol. The van der Waals surface area contributed by atoms with E-state index in [1.807, 2.05) is 0 Å². The minimum atomic E-state index is -3.92. The third-order valence-corrected chi connectivity index (χ3v) is 4.92. The standard InChI is InChI=1S/C11H11Cl2NO5S/c1-14-9(15)2-3-20(18,19)8-5-6(12)4-7(10(8)13)11(16)17/h4-5H,2-3H2,1H3,(H,14,15)(H,16,17). The summed E-state index contributed by atoms with van der Waals surface area (Å²) in [6.07, 6.45) is -0.260. The molecule has 0 bridgehead atoms. The Labute approximate surface area is 125 Å². The van der Waals surface area contributed by atoms with Crippen molar-refractivity contribution in [1.82, 2.24) is 5.32 Å². The van der Waals surface area contributed by atoms with Gasteiger partial charge < -0.3 is 10.4 Å². The van der Waals surface area contributed by atoms with Crippen LogP contribution in [0.5, 0.6) is 0 Å². The number of rotatable bonds is 5. The first-order valence-corrected chi connectivity index (χ1v) is 7.75. The molecule has 110 valence electrons. The Morgan fingerprint density at radius 2 is 1.90 bits per heavy atom. The average molecular weight is 340 g/mol. The normalized spacial score (nSPS) is 11.2. The zero-order valence-corrected chi connectivity index (χ0v) is 12.6. The molecule has 0 fully saturated rings. The third kappa shape index (κ3) is 3.84. The van der Waals surface area contributed by atoms with Gasteiger partial charge in [-0.15, -0.1) is 0 Å². The lowest BCUT2D eigenvalue weighted by Gasteiger charge is -2.09. The predicted octanol–water partition coefficient (Wildman–Crippen LogP) is 1.60. The SMILES string of the molecule is CNC(=O)CCS(=O)(=O)c1cc(Cl)cc(C(=O)O)c1Cl. The Balaban J connectivity index is 3.25. The molecule has 9 heteroatoms. The van der Waals surface area contributed by atoms with Gasteiger partial charge in [-0.2, -0.15) is 0 Å². The summed E-state index contributed by atoms with van der Waals surface area (Å²) in [7, 11) is -2.54. The molecular weight excluding hydrogens is 329 g/mol. The lowest BCUT2D eigenvalue weighted by molar-refractivity contribution is -0.120. The lowest BCUT2D eigenvalue weighted by atomic mass is 10.2. The van der Waals surface area contributed by atoms with Gasteiger partial charge in [-0.3, -0.25) is 4.79 Å². The fourth-order valence-electron chi connectivity index (χ4n) is 1.41. The Bertz CT molecular complexity index is 657. The van der Waals surface area contributed by atoms with Crippen LogP contribution in [0.2, 0.25) is 10.0 Å². The molecule has 0 aliphatic heterocycles. The maximum absolute atomic E-state index is 12.1. The molecule has 1 rings (SSSR count). The highest BCUT2D eigenvalue weighted by molar-refractivity contribution is 7.91. The molecule has 0 aliphatic carbocycles. The molecular formula is C11H11Cl2NO5S. The molecule has 0 atom stereocenters. The molecule has 0 aliphatic rings. The van der Waals surface area contributed by atoms with Gasteiger partial charge >= 0.3 is 5.97 Å². The van der Waals surface area contributed by atoms with E-state index in [2.05, 4.69) is 5.32 Å². The molecule has 0 aromatic heterocycles. The minimum Gasteiger partial charge on any atom is -0.478 e. The van der Waals surface area contributed by atoms with Crippen LogP contribution in [0.1, 0.15) is 16.8 Å². The summed E-state index contributed by atoms with van der Waals surface area (Å²) in [5.74, 6) is -2.34. The van der Waals surface area contributed by atoms with Crippen molar-refractivity contribution in [1.29, 1.82) is 0 Å². The molecule has 0 heterocycles. The molecule has 1 aromatic rings. The Morgan fingerprint density at radius 1 is 1.30 bits per heavy atom. The topological polar surface area (TPSA) is 101 Å². The van der Waals surface area contributed by atoms with E-state index < -0.39 is 42.9 Å². The number of hydrogen-bond donors (Lipinski definition) is 2. The number of hydrogen-bond acceptors (Lipinski definition) is 4. The van der Waals surface area contributed by atoms with Crippen LogP contribution in [-0.4, -0.2) is 38.2 Å². The maximum atomic E-state index is 12.1. The third-order valence-electron chi connectivity index (χ3n) is 2.45. The van der Waals surface area contributed by atoms with Gasteiger partial charge in [0.15, 0.2) is 9.84 Å². The number of amides is 1. The number of aromatic carboxylic acids is 1. The summed E-state index contributed by atoms with van der Waals surface area (Å²) in [5, 5.41) is 10.7. The van der Waals surface area contributed by atoms with Crippen LogP contribution in [0.15, 0.2) is 17.0 Å². The maximum Gasteiger partial charge on any atom is 0.337 e. The molecule has 1 aromatic carbocycles. The second-order valence-electron chi connectivity index (χ2n) is 3.81. The number of carboxylic acids is 1. The van der Waals surface area contributed by atoms with Crippen molar-refractivity contribution in [2.75, 3.05) is 12.8 Å². The van der Waals surface area contributed by atoms with E-state index in [1.54, 1.807) is 0 Å². The zero-order valence-electron chi connectivity index (χ0n) is 10.3. The van der Waals surface area contributed by atoms with Crippen LogP contribution in [-0.2, 0) is 14.6 Å². The first-order valence-electron chi connectivity index (χ1n) is 5.34. The smallest absolute Gasteiger partial charge is 0.337 e. The molecule has 20 heavy (non-hydrogen) atoms. The Kier molecular flexibility index (Phi) is 5.38. The minimum absolute atomic E-state index is 0.0645. The van der Waals surface area contributed by atoms with Crippen LogP contribution in [0.25, 0.3) is 0 Å². The number of nitrogens with one attached hydrogen (secondary N) is 1. The molecule has 0 saturated carbocycles. The van der Waals surface area contributed by atoms with E-state index in [9.17, 15) is 18.0 Å². The van der Waals surface area contributed by atoms with Crippen LogP contribution in [0.4, 0.5) is 0 Å². The van der Waals surface area contributed by atoms with Crippen molar-refractivity contribution in [2.45, 2.75) is 11.3 Å². The highest BCUT2D eigenvalue weighted by Crippen LogP contribution is 2.30. The molecule has 2 N–H and O–H groups in total.